The van der Waals surface area contributed by atoms with Gasteiger partial charge in [-0.25, -0.2) is 4.98 Å². The molecule has 0 radical (unpaired) electrons. The fourth-order valence-corrected chi connectivity index (χ4v) is 4.73. The summed E-state index contributed by atoms with van der Waals surface area (Å²) in [7, 11) is 0. The predicted molar refractivity (Wildman–Crippen MR) is 120 cm³/mol. The Morgan fingerprint density at radius 2 is 2.10 bits per heavy atom. The molecule has 2 aliphatic rings. The minimum absolute atomic E-state index is 0.181. The number of nitrogens with one attached hydrogen (secondary N) is 1. The van der Waals surface area contributed by atoms with Gasteiger partial charge in [0.15, 0.2) is 5.65 Å². The summed E-state index contributed by atoms with van der Waals surface area (Å²) in [6.45, 7) is 6.46. The molecular weight excluding hydrogens is 418 g/mol. The van der Waals surface area contributed by atoms with E-state index in [1.807, 2.05) is 13.1 Å². The van der Waals surface area contributed by atoms with Gasteiger partial charge in [-0.1, -0.05) is 18.5 Å². The average Bonchev–Trinajstić information content (AvgIpc) is 3.21. The number of aliphatic hydroxyl groups is 1. The van der Waals surface area contributed by atoms with Crippen LogP contribution in [0.1, 0.15) is 48.7 Å². The molecule has 1 amide bonds. The van der Waals surface area contributed by atoms with Crippen molar-refractivity contribution in [3.8, 4) is 0 Å². The molecule has 2 aliphatic heterocycles. The third-order valence-corrected chi connectivity index (χ3v) is 6.88. The molecule has 0 spiro atoms. The number of nitrogens with zero attached hydrogens (tertiary/aromatic N) is 3. The third kappa shape index (κ3) is 4.98. The molecule has 4 heterocycles. The zero-order valence-corrected chi connectivity index (χ0v) is 18.8. The van der Waals surface area contributed by atoms with Gasteiger partial charge in [-0.05, 0) is 44.3 Å². The first-order valence-electron chi connectivity index (χ1n) is 11.1. The van der Waals surface area contributed by atoms with Crippen LogP contribution in [0.5, 0.6) is 0 Å². The number of rotatable bonds is 6. The maximum atomic E-state index is 12.9. The van der Waals surface area contributed by atoms with E-state index in [9.17, 15) is 9.90 Å². The topological polar surface area (TPSA) is 105 Å². The number of carbonyl (C=O) groups excluding carboxylic acids is 1. The predicted octanol–water partition coefficient (Wildman–Crippen LogP) is 2.12. The Morgan fingerprint density at radius 3 is 2.77 bits per heavy atom. The van der Waals surface area contributed by atoms with Gasteiger partial charge < -0.3 is 25.8 Å². The Balaban J connectivity index is 1.33. The van der Waals surface area contributed by atoms with Crippen LogP contribution in [0.4, 0.5) is 5.82 Å². The van der Waals surface area contributed by atoms with Crippen LogP contribution in [0.3, 0.4) is 0 Å². The van der Waals surface area contributed by atoms with Crippen LogP contribution in [0, 0.1) is 5.92 Å². The highest BCUT2D eigenvalue weighted by molar-refractivity contribution is 6.33. The second-order valence-corrected chi connectivity index (χ2v) is 9.24. The van der Waals surface area contributed by atoms with Gasteiger partial charge in [-0.2, -0.15) is 0 Å². The van der Waals surface area contributed by atoms with E-state index in [0.717, 1.165) is 38.0 Å². The van der Waals surface area contributed by atoms with Gasteiger partial charge in [0.1, 0.15) is 5.82 Å². The molecule has 170 valence electrons. The van der Waals surface area contributed by atoms with Crippen LogP contribution < -0.4 is 11.1 Å². The lowest BCUT2D eigenvalue weighted by Gasteiger charge is -2.39. The first-order valence-corrected chi connectivity index (χ1v) is 11.5. The molecule has 0 bridgehead atoms. The molecule has 4 N–H and O–H groups in total. The number of nitrogen functional groups attached to an aromatic ring is 1. The highest BCUT2D eigenvalue weighted by atomic mass is 35.5. The van der Waals surface area contributed by atoms with Crippen LogP contribution in [0.2, 0.25) is 5.02 Å². The average molecular weight is 450 g/mol. The molecule has 2 saturated heterocycles. The fourth-order valence-electron chi connectivity index (χ4n) is 4.53. The number of hydrogen-bond acceptors (Lipinski definition) is 6. The zero-order chi connectivity index (χ0) is 22.0. The van der Waals surface area contributed by atoms with E-state index in [1.54, 1.807) is 10.5 Å². The van der Waals surface area contributed by atoms with Gasteiger partial charge in [-0.3, -0.25) is 9.20 Å². The van der Waals surface area contributed by atoms with Crippen molar-refractivity contribution in [1.29, 1.82) is 0 Å². The summed E-state index contributed by atoms with van der Waals surface area (Å²) in [5.41, 5.74) is 7.28. The number of amides is 1. The number of anilines is 1. The summed E-state index contributed by atoms with van der Waals surface area (Å²) in [6.07, 6.45) is 5.97. The lowest BCUT2D eigenvalue weighted by atomic mass is 9.91. The quantitative estimate of drug-likeness (QED) is 0.623. The first-order chi connectivity index (χ1) is 14.9. The largest absolute Gasteiger partial charge is 0.388 e. The number of aromatic nitrogens is 2. The fraction of sp³-hybridized carbons (Fsp3) is 0.636. The number of carbonyl (C=O) groups is 1. The van der Waals surface area contributed by atoms with Crippen molar-refractivity contribution in [1.82, 2.24) is 19.6 Å². The smallest absolute Gasteiger partial charge is 0.255 e. The van der Waals surface area contributed by atoms with Crippen molar-refractivity contribution in [2.45, 2.75) is 44.6 Å². The van der Waals surface area contributed by atoms with E-state index in [2.05, 4.69) is 15.2 Å². The molecule has 0 aromatic carbocycles. The Morgan fingerprint density at radius 1 is 1.39 bits per heavy atom. The summed E-state index contributed by atoms with van der Waals surface area (Å²) in [5.74, 6) is 0.619. The van der Waals surface area contributed by atoms with Crippen molar-refractivity contribution in [3.05, 3.63) is 28.5 Å². The molecule has 9 heteroatoms. The van der Waals surface area contributed by atoms with Gasteiger partial charge in [0.05, 0.1) is 21.9 Å². The third-order valence-electron chi connectivity index (χ3n) is 6.58. The number of aryl methyl sites for hydroxylation is 1. The van der Waals surface area contributed by atoms with Crippen LogP contribution in [0.25, 0.3) is 5.65 Å². The molecule has 0 saturated carbocycles. The van der Waals surface area contributed by atoms with E-state index in [1.165, 1.54) is 0 Å². The summed E-state index contributed by atoms with van der Waals surface area (Å²) in [5, 5.41) is 14.1. The maximum absolute atomic E-state index is 12.9. The van der Waals surface area contributed by atoms with E-state index < -0.39 is 5.60 Å². The minimum Gasteiger partial charge on any atom is -0.388 e. The number of likely N-dealkylation sites (tertiary alicyclic amines) is 1. The van der Waals surface area contributed by atoms with Gasteiger partial charge >= 0.3 is 0 Å². The highest BCUT2D eigenvalue weighted by Crippen LogP contribution is 2.26. The molecule has 2 aromatic heterocycles. The molecular formula is C22H32ClN5O3. The Labute approximate surface area is 187 Å². The van der Waals surface area contributed by atoms with Crippen molar-refractivity contribution < 1.29 is 14.6 Å². The van der Waals surface area contributed by atoms with Crippen LogP contribution >= 0.6 is 11.6 Å². The minimum atomic E-state index is -0.624. The SMILES string of the molecule is CCc1cn2c(N)c(Cl)cc(C(=O)NCC3CCN(CC4(O)CCOCC4)CC3)c2n1. The van der Waals surface area contributed by atoms with Crippen molar-refractivity contribution in [2.24, 2.45) is 5.92 Å². The van der Waals surface area contributed by atoms with Gasteiger partial charge in [0, 0.05) is 45.3 Å². The number of nitrogens with two attached hydrogens (primary N) is 1. The van der Waals surface area contributed by atoms with Gasteiger partial charge in [0.25, 0.3) is 5.91 Å². The van der Waals surface area contributed by atoms with E-state index >= 15 is 0 Å². The summed E-state index contributed by atoms with van der Waals surface area (Å²) >= 11 is 6.26. The highest BCUT2D eigenvalue weighted by Gasteiger charge is 2.33. The van der Waals surface area contributed by atoms with E-state index in [4.69, 9.17) is 22.1 Å². The number of piperidine rings is 1. The number of imidazole rings is 1. The van der Waals surface area contributed by atoms with Crippen LogP contribution in [-0.4, -0.2) is 70.3 Å². The Hall–Kier alpha value is -1.87. The molecule has 4 rings (SSSR count). The number of halogens is 1. The van der Waals surface area contributed by atoms with Crippen LogP contribution in [0.15, 0.2) is 12.3 Å². The number of ether oxygens (including phenoxy) is 1. The lowest BCUT2D eigenvalue weighted by molar-refractivity contribution is -0.0829. The molecule has 2 aromatic rings. The summed E-state index contributed by atoms with van der Waals surface area (Å²) in [4.78, 5) is 19.8. The zero-order valence-electron chi connectivity index (χ0n) is 18.1. The number of fused-ring (bicyclic) bond motifs is 1. The lowest BCUT2D eigenvalue weighted by Crippen LogP contribution is -2.49. The van der Waals surface area contributed by atoms with E-state index in [0.29, 0.717) is 67.1 Å². The number of pyridine rings is 1. The second kappa shape index (κ2) is 9.32. The van der Waals surface area contributed by atoms with Crippen molar-refractivity contribution in [3.63, 3.8) is 0 Å². The number of hydrogen-bond donors (Lipinski definition) is 3. The molecule has 0 unspecified atom stereocenters. The van der Waals surface area contributed by atoms with Gasteiger partial charge in [0.2, 0.25) is 0 Å². The molecule has 2 fully saturated rings. The van der Waals surface area contributed by atoms with E-state index in [-0.39, 0.29) is 5.91 Å². The standard InChI is InChI=1S/C22H32ClN5O3/c1-2-16-13-28-19(24)18(23)11-17(20(28)26-16)21(29)25-12-15-3-7-27(8-4-15)14-22(30)5-9-31-10-6-22/h11,13,15,30H,2-10,12,14,24H2,1H3,(H,25,29). The Kier molecular flexibility index (Phi) is 6.71. The second-order valence-electron chi connectivity index (χ2n) is 8.84. The maximum Gasteiger partial charge on any atom is 0.255 e. The monoisotopic (exact) mass is 449 g/mol. The van der Waals surface area contributed by atoms with Crippen LogP contribution in [-0.2, 0) is 11.2 Å². The number of β-amino-alcohol motifs (C(OH)–C–C–N with tert-alkyl or cyclic N) is 1. The summed E-state index contributed by atoms with van der Waals surface area (Å²) in [6, 6.07) is 1.60. The Bertz CT molecular complexity index is 933. The summed E-state index contributed by atoms with van der Waals surface area (Å²) < 4.78 is 7.06. The van der Waals surface area contributed by atoms with Crippen molar-refractivity contribution >= 4 is 29.0 Å². The van der Waals surface area contributed by atoms with Gasteiger partial charge in [-0.15, -0.1) is 0 Å². The molecule has 31 heavy (non-hydrogen) atoms. The molecule has 0 atom stereocenters. The molecule has 8 nitrogen and oxygen atoms in total. The molecule has 0 aliphatic carbocycles. The van der Waals surface area contributed by atoms with Crippen molar-refractivity contribution in [2.75, 3.05) is 45.1 Å². The first kappa shape index (κ1) is 22.3. The normalized spacial score (nSPS) is 20.2.